The van der Waals surface area contributed by atoms with Crippen molar-refractivity contribution in [2.45, 2.75) is 45.1 Å². The standard InChI is InChI=1S/C17H25NO/c1-3-12-18-17(15-6-4-5-7-15)13-14-8-10-16(19-2)11-9-14/h6,8-11,17-18H,3-5,7,12-13H2,1-2H3. The third kappa shape index (κ3) is 4.10. The van der Waals surface area contributed by atoms with Crippen LogP contribution < -0.4 is 10.1 Å². The Kier molecular flexibility index (Phi) is 5.46. The Morgan fingerprint density at radius 1 is 1.26 bits per heavy atom. The second kappa shape index (κ2) is 7.34. The maximum Gasteiger partial charge on any atom is 0.118 e. The van der Waals surface area contributed by atoms with Gasteiger partial charge in [-0.2, -0.15) is 0 Å². The predicted molar refractivity (Wildman–Crippen MR) is 80.7 cm³/mol. The van der Waals surface area contributed by atoms with E-state index < -0.39 is 0 Å². The first kappa shape index (κ1) is 14.1. The maximum absolute atomic E-state index is 5.21. The molecule has 1 aliphatic rings. The Bertz CT molecular complexity index is 408. The highest BCUT2D eigenvalue weighted by atomic mass is 16.5. The average molecular weight is 259 g/mol. The summed E-state index contributed by atoms with van der Waals surface area (Å²) in [7, 11) is 1.71. The average Bonchev–Trinajstić information content (AvgIpc) is 2.98. The second-order valence-corrected chi connectivity index (χ2v) is 5.23. The normalized spacial score (nSPS) is 16.2. The highest BCUT2D eigenvalue weighted by molar-refractivity contribution is 5.29. The maximum atomic E-state index is 5.21. The highest BCUT2D eigenvalue weighted by Crippen LogP contribution is 2.23. The summed E-state index contributed by atoms with van der Waals surface area (Å²) in [6.45, 7) is 3.32. The third-order valence-electron chi connectivity index (χ3n) is 3.76. The van der Waals surface area contributed by atoms with Crippen molar-refractivity contribution in [2.24, 2.45) is 0 Å². The summed E-state index contributed by atoms with van der Waals surface area (Å²) in [5.41, 5.74) is 2.98. The van der Waals surface area contributed by atoms with Gasteiger partial charge in [-0.3, -0.25) is 0 Å². The molecule has 1 aromatic carbocycles. The van der Waals surface area contributed by atoms with Gasteiger partial charge in [0.05, 0.1) is 7.11 Å². The van der Waals surface area contributed by atoms with Gasteiger partial charge in [0, 0.05) is 6.04 Å². The van der Waals surface area contributed by atoms with Gasteiger partial charge in [-0.25, -0.2) is 0 Å². The van der Waals surface area contributed by atoms with Crippen LogP contribution in [-0.2, 0) is 6.42 Å². The number of ether oxygens (including phenoxy) is 1. The molecule has 0 bridgehead atoms. The molecule has 0 saturated heterocycles. The minimum absolute atomic E-state index is 0.510. The number of hydrogen-bond donors (Lipinski definition) is 1. The smallest absolute Gasteiger partial charge is 0.118 e. The minimum Gasteiger partial charge on any atom is -0.497 e. The van der Waals surface area contributed by atoms with Gasteiger partial charge < -0.3 is 10.1 Å². The van der Waals surface area contributed by atoms with Crippen molar-refractivity contribution < 1.29 is 4.74 Å². The summed E-state index contributed by atoms with van der Waals surface area (Å²) < 4.78 is 5.21. The lowest BCUT2D eigenvalue weighted by molar-refractivity contribution is 0.414. The molecule has 0 amide bonds. The van der Waals surface area contributed by atoms with Crippen LogP contribution in [0, 0.1) is 0 Å². The molecule has 1 atom stereocenters. The molecule has 0 aliphatic heterocycles. The van der Waals surface area contributed by atoms with Gasteiger partial charge in [0.15, 0.2) is 0 Å². The molecule has 2 nitrogen and oxygen atoms in total. The zero-order chi connectivity index (χ0) is 13.5. The summed E-state index contributed by atoms with van der Waals surface area (Å²) >= 11 is 0. The van der Waals surface area contributed by atoms with Gasteiger partial charge >= 0.3 is 0 Å². The molecule has 2 rings (SSSR count). The van der Waals surface area contributed by atoms with E-state index in [0.717, 1.165) is 18.7 Å². The summed E-state index contributed by atoms with van der Waals surface area (Å²) in [5, 5.41) is 3.69. The fraction of sp³-hybridized carbons (Fsp3) is 0.529. The van der Waals surface area contributed by atoms with E-state index >= 15 is 0 Å². The van der Waals surface area contributed by atoms with Crippen LogP contribution >= 0.6 is 0 Å². The van der Waals surface area contributed by atoms with Crippen molar-refractivity contribution in [3.8, 4) is 5.75 Å². The van der Waals surface area contributed by atoms with Crippen LogP contribution in [0.3, 0.4) is 0 Å². The molecule has 0 fully saturated rings. The quantitative estimate of drug-likeness (QED) is 0.754. The van der Waals surface area contributed by atoms with Crippen LogP contribution in [0.2, 0.25) is 0 Å². The highest BCUT2D eigenvalue weighted by Gasteiger charge is 2.16. The Labute approximate surface area is 116 Å². The Morgan fingerprint density at radius 3 is 2.63 bits per heavy atom. The molecule has 0 saturated carbocycles. The summed E-state index contributed by atoms with van der Waals surface area (Å²) in [4.78, 5) is 0. The first-order chi connectivity index (χ1) is 9.33. The van der Waals surface area contributed by atoms with E-state index in [1.54, 1.807) is 12.7 Å². The van der Waals surface area contributed by atoms with E-state index in [4.69, 9.17) is 4.74 Å². The van der Waals surface area contributed by atoms with Crippen molar-refractivity contribution in [3.63, 3.8) is 0 Å². The number of hydrogen-bond acceptors (Lipinski definition) is 2. The molecule has 1 unspecified atom stereocenters. The number of methoxy groups -OCH3 is 1. The lowest BCUT2D eigenvalue weighted by Gasteiger charge is -2.20. The van der Waals surface area contributed by atoms with Crippen LogP contribution in [0.15, 0.2) is 35.9 Å². The Balaban J connectivity index is 2.01. The van der Waals surface area contributed by atoms with Gasteiger partial charge in [-0.15, -0.1) is 0 Å². The van der Waals surface area contributed by atoms with Crippen molar-refractivity contribution in [1.29, 1.82) is 0 Å². The predicted octanol–water partition coefficient (Wildman–Crippen LogP) is 3.72. The van der Waals surface area contributed by atoms with Crippen LogP contribution in [0.5, 0.6) is 5.75 Å². The van der Waals surface area contributed by atoms with E-state index in [2.05, 4.69) is 42.6 Å². The van der Waals surface area contributed by atoms with E-state index in [1.807, 2.05) is 0 Å². The van der Waals surface area contributed by atoms with Gasteiger partial charge in [0.25, 0.3) is 0 Å². The van der Waals surface area contributed by atoms with Crippen LogP contribution in [0.1, 0.15) is 38.2 Å². The zero-order valence-electron chi connectivity index (χ0n) is 12.1. The number of rotatable bonds is 7. The number of benzene rings is 1. The van der Waals surface area contributed by atoms with Gasteiger partial charge in [-0.05, 0) is 56.3 Å². The zero-order valence-corrected chi connectivity index (χ0v) is 12.1. The molecular weight excluding hydrogens is 234 g/mol. The molecule has 1 aromatic rings. The minimum atomic E-state index is 0.510. The molecule has 1 N–H and O–H groups in total. The lowest BCUT2D eigenvalue weighted by atomic mass is 9.98. The Morgan fingerprint density at radius 2 is 2.05 bits per heavy atom. The number of allylic oxidation sites excluding steroid dienone is 1. The summed E-state index contributed by atoms with van der Waals surface area (Å²) in [6, 6.07) is 8.96. The van der Waals surface area contributed by atoms with E-state index in [1.165, 1.54) is 31.2 Å². The van der Waals surface area contributed by atoms with Crippen LogP contribution in [0.4, 0.5) is 0 Å². The first-order valence-electron chi connectivity index (χ1n) is 7.38. The van der Waals surface area contributed by atoms with Crippen molar-refractivity contribution in [1.82, 2.24) is 5.32 Å². The second-order valence-electron chi connectivity index (χ2n) is 5.23. The Hall–Kier alpha value is -1.28. The van der Waals surface area contributed by atoms with Gasteiger partial charge in [0.2, 0.25) is 0 Å². The molecule has 0 heterocycles. The topological polar surface area (TPSA) is 21.3 Å². The largest absolute Gasteiger partial charge is 0.497 e. The van der Waals surface area contributed by atoms with Crippen LogP contribution in [0.25, 0.3) is 0 Å². The molecular formula is C17H25NO. The fourth-order valence-corrected chi connectivity index (χ4v) is 2.66. The van der Waals surface area contributed by atoms with E-state index in [0.29, 0.717) is 6.04 Å². The molecule has 0 spiro atoms. The molecule has 1 aliphatic carbocycles. The molecule has 19 heavy (non-hydrogen) atoms. The van der Waals surface area contributed by atoms with Gasteiger partial charge in [0.1, 0.15) is 5.75 Å². The third-order valence-corrected chi connectivity index (χ3v) is 3.76. The van der Waals surface area contributed by atoms with E-state index in [-0.39, 0.29) is 0 Å². The van der Waals surface area contributed by atoms with Gasteiger partial charge in [-0.1, -0.05) is 30.7 Å². The monoisotopic (exact) mass is 259 g/mol. The van der Waals surface area contributed by atoms with Crippen molar-refractivity contribution >= 4 is 0 Å². The number of nitrogens with one attached hydrogen (secondary N) is 1. The molecule has 104 valence electrons. The van der Waals surface area contributed by atoms with E-state index in [9.17, 15) is 0 Å². The molecule has 2 heteroatoms. The van der Waals surface area contributed by atoms with Crippen molar-refractivity contribution in [2.75, 3.05) is 13.7 Å². The SMILES string of the molecule is CCCNC(Cc1ccc(OC)cc1)C1=CCCC1. The molecule has 0 aromatic heterocycles. The summed E-state index contributed by atoms with van der Waals surface area (Å²) in [6.07, 6.45) is 8.53. The first-order valence-corrected chi connectivity index (χ1v) is 7.38. The van der Waals surface area contributed by atoms with Crippen LogP contribution in [-0.4, -0.2) is 19.7 Å². The molecule has 0 radical (unpaired) electrons. The summed E-state index contributed by atoms with van der Waals surface area (Å²) in [5.74, 6) is 0.932. The van der Waals surface area contributed by atoms with Crippen molar-refractivity contribution in [3.05, 3.63) is 41.5 Å². The lowest BCUT2D eigenvalue weighted by Crippen LogP contribution is -2.33. The fourth-order valence-electron chi connectivity index (χ4n) is 2.66.